The first-order valence-corrected chi connectivity index (χ1v) is 17.1. The predicted octanol–water partition coefficient (Wildman–Crippen LogP) is -0.456. The van der Waals surface area contributed by atoms with E-state index >= 15 is 0 Å². The van der Waals surface area contributed by atoms with Crippen molar-refractivity contribution in [2.45, 2.75) is 37.0 Å². The topological polar surface area (TPSA) is 130 Å². The highest BCUT2D eigenvalue weighted by Crippen LogP contribution is 2.56. The van der Waals surface area contributed by atoms with Gasteiger partial charge in [-0.2, -0.15) is 0 Å². The summed E-state index contributed by atoms with van der Waals surface area (Å²) in [5.41, 5.74) is 5.84. The summed E-state index contributed by atoms with van der Waals surface area (Å²) in [6.07, 6.45) is 3.59. The molecule has 228 valence electrons. The summed E-state index contributed by atoms with van der Waals surface area (Å²) < 4.78 is 0. The zero-order valence-corrected chi connectivity index (χ0v) is 27.1. The molecule has 43 heavy (non-hydrogen) atoms. The van der Waals surface area contributed by atoms with Gasteiger partial charge in [0.2, 0.25) is 17.7 Å². The molecular formula is C32H37BrN3O5PS. The van der Waals surface area contributed by atoms with Crippen molar-refractivity contribution in [2.24, 2.45) is 5.73 Å². The molecule has 0 bridgehead atoms. The van der Waals surface area contributed by atoms with E-state index in [9.17, 15) is 19.2 Å². The summed E-state index contributed by atoms with van der Waals surface area (Å²) in [5.74, 6) is -2.10. The van der Waals surface area contributed by atoms with Crippen molar-refractivity contribution in [2.75, 3.05) is 25.0 Å². The number of nitrogens with two attached hydrogens (primary N) is 1. The van der Waals surface area contributed by atoms with Gasteiger partial charge < -0.3 is 33.1 Å². The van der Waals surface area contributed by atoms with Crippen LogP contribution in [-0.4, -0.2) is 70.0 Å². The van der Waals surface area contributed by atoms with Crippen LogP contribution in [0.1, 0.15) is 25.7 Å². The minimum atomic E-state index is -1.92. The average molecular weight is 687 g/mol. The second-order valence-electron chi connectivity index (χ2n) is 10.2. The molecule has 3 amide bonds. The van der Waals surface area contributed by atoms with Crippen molar-refractivity contribution in [3.05, 3.63) is 91.0 Å². The van der Waals surface area contributed by atoms with Gasteiger partial charge in [-0.15, -0.1) is 11.8 Å². The van der Waals surface area contributed by atoms with Gasteiger partial charge in [0.1, 0.15) is 29.7 Å². The van der Waals surface area contributed by atoms with Crippen LogP contribution in [0.4, 0.5) is 0 Å². The largest absolute Gasteiger partial charge is 1.00 e. The molecule has 11 heteroatoms. The van der Waals surface area contributed by atoms with Crippen LogP contribution in [0, 0.1) is 0 Å². The summed E-state index contributed by atoms with van der Waals surface area (Å²) in [4.78, 5) is 49.5. The smallest absolute Gasteiger partial charge is 0.322 e. The van der Waals surface area contributed by atoms with Crippen LogP contribution in [0.25, 0.3) is 0 Å². The van der Waals surface area contributed by atoms with Crippen molar-refractivity contribution in [1.82, 2.24) is 10.2 Å². The molecule has 0 radical (unpaired) electrons. The van der Waals surface area contributed by atoms with Gasteiger partial charge in [0, 0.05) is 18.7 Å². The molecule has 1 heterocycles. The van der Waals surface area contributed by atoms with Crippen LogP contribution in [0.2, 0.25) is 0 Å². The van der Waals surface area contributed by atoms with Crippen LogP contribution in [0.15, 0.2) is 91.0 Å². The highest BCUT2D eigenvalue weighted by molar-refractivity contribution is 8.00. The Hall–Kier alpha value is -3.04. The SMILES string of the molecule is N[C@@H](CSC1CC(=O)N(CCCCC[P+](c2ccccc2)(c2ccccc2)c2ccccc2)C1=O)C(=O)NCC(=O)O.[Br-]. The Kier molecular flexibility index (Phi) is 13.4. The summed E-state index contributed by atoms with van der Waals surface area (Å²) in [5, 5.41) is 14.4. The molecule has 3 aromatic rings. The molecule has 0 aromatic heterocycles. The fraction of sp³-hybridized carbons (Fsp3) is 0.312. The number of carbonyl (C=O) groups is 4. The number of likely N-dealkylation sites (tertiary alicyclic amines) is 1. The highest BCUT2D eigenvalue weighted by Gasteiger charge is 2.44. The molecule has 1 aliphatic heterocycles. The van der Waals surface area contributed by atoms with E-state index in [1.807, 2.05) is 18.2 Å². The van der Waals surface area contributed by atoms with Gasteiger partial charge in [-0.25, -0.2) is 0 Å². The molecule has 1 saturated heterocycles. The van der Waals surface area contributed by atoms with Gasteiger partial charge in [0.05, 0.1) is 17.5 Å². The Morgan fingerprint density at radius 1 is 0.884 bits per heavy atom. The lowest BCUT2D eigenvalue weighted by Crippen LogP contribution is -3.00. The van der Waals surface area contributed by atoms with Gasteiger partial charge in [-0.3, -0.25) is 24.1 Å². The van der Waals surface area contributed by atoms with E-state index in [0.717, 1.165) is 19.0 Å². The number of benzene rings is 3. The monoisotopic (exact) mass is 685 g/mol. The van der Waals surface area contributed by atoms with E-state index in [2.05, 4.69) is 78.1 Å². The van der Waals surface area contributed by atoms with Crippen molar-refractivity contribution in [1.29, 1.82) is 0 Å². The summed E-state index contributed by atoms with van der Waals surface area (Å²) in [6.45, 7) is -0.148. The molecule has 8 nitrogen and oxygen atoms in total. The Bertz CT molecular complexity index is 1270. The summed E-state index contributed by atoms with van der Waals surface area (Å²) in [7, 11) is -1.92. The number of halogens is 1. The number of carbonyl (C=O) groups excluding carboxylic acids is 3. The van der Waals surface area contributed by atoms with Crippen molar-refractivity contribution in [3.8, 4) is 0 Å². The summed E-state index contributed by atoms with van der Waals surface area (Å²) in [6, 6.07) is 31.2. The van der Waals surface area contributed by atoms with E-state index in [1.54, 1.807) is 0 Å². The number of nitrogens with one attached hydrogen (secondary N) is 1. The minimum Gasteiger partial charge on any atom is -1.00 e. The third-order valence-electron chi connectivity index (χ3n) is 7.40. The molecule has 1 aliphatic rings. The lowest BCUT2D eigenvalue weighted by molar-refractivity contribution is -0.139. The van der Waals surface area contributed by atoms with Crippen molar-refractivity contribution in [3.63, 3.8) is 0 Å². The normalized spacial score (nSPS) is 15.6. The van der Waals surface area contributed by atoms with Crippen molar-refractivity contribution >= 4 is 58.6 Å². The molecule has 0 spiro atoms. The van der Waals surface area contributed by atoms with Gasteiger partial charge in [0.15, 0.2) is 0 Å². The number of aliphatic carboxylic acids is 1. The van der Waals surface area contributed by atoms with E-state index in [-0.39, 0.29) is 41.0 Å². The maximum atomic E-state index is 13.0. The van der Waals surface area contributed by atoms with Gasteiger partial charge in [0.25, 0.3) is 0 Å². The van der Waals surface area contributed by atoms with E-state index in [0.29, 0.717) is 13.0 Å². The number of amides is 3. The maximum Gasteiger partial charge on any atom is 0.322 e. The molecule has 3 aromatic carbocycles. The van der Waals surface area contributed by atoms with Crippen molar-refractivity contribution < 1.29 is 41.3 Å². The first-order chi connectivity index (χ1) is 20.3. The van der Waals surface area contributed by atoms with Gasteiger partial charge >= 0.3 is 5.97 Å². The first-order valence-electron chi connectivity index (χ1n) is 14.1. The fourth-order valence-electron chi connectivity index (χ4n) is 5.28. The Labute approximate surface area is 267 Å². The third-order valence-corrected chi connectivity index (χ3v) is 13.2. The number of thioether (sulfide) groups is 1. The number of unbranched alkanes of at least 4 members (excludes halogenated alkanes) is 2. The zero-order valence-electron chi connectivity index (χ0n) is 23.8. The number of carboxylic acids is 1. The molecular weight excluding hydrogens is 649 g/mol. The van der Waals surface area contributed by atoms with Crippen LogP contribution >= 0.6 is 19.0 Å². The second kappa shape index (κ2) is 16.7. The summed E-state index contributed by atoms with van der Waals surface area (Å²) >= 11 is 1.17. The standard InChI is InChI=1S/C32H36N3O5PS.BrH/c33-27(31(39)34-22-30(37)38)23-42-28-21-29(36)35(32(28)40)19-11-4-12-20-41(24-13-5-1-6-14-24,25-15-7-2-8-16-25)26-17-9-3-10-18-26;/h1-3,5-10,13-18,27-28H,4,11-12,19-23,33H2,(H-,34,37,38,39);1H/t27-,28?;/m0./s1. The predicted molar refractivity (Wildman–Crippen MR) is 170 cm³/mol. The Morgan fingerprint density at radius 2 is 1.40 bits per heavy atom. The zero-order chi connectivity index (χ0) is 30.0. The van der Waals surface area contributed by atoms with E-state index < -0.39 is 37.0 Å². The minimum absolute atomic E-state index is 0. The number of nitrogens with zero attached hydrogens (tertiary/aromatic N) is 1. The molecule has 4 rings (SSSR count). The fourth-order valence-corrected chi connectivity index (χ4v) is 10.8. The number of hydrogen-bond donors (Lipinski definition) is 3. The second-order valence-corrected chi connectivity index (χ2v) is 15.1. The number of imide groups is 1. The Morgan fingerprint density at radius 3 is 1.88 bits per heavy atom. The average Bonchev–Trinajstić information content (AvgIpc) is 3.29. The van der Waals surface area contributed by atoms with Gasteiger partial charge in [-0.1, -0.05) is 54.6 Å². The van der Waals surface area contributed by atoms with Crippen LogP contribution in [0.5, 0.6) is 0 Å². The van der Waals surface area contributed by atoms with E-state index in [1.165, 1.54) is 32.6 Å². The lowest BCUT2D eigenvalue weighted by atomic mass is 10.2. The molecule has 1 fully saturated rings. The number of hydrogen-bond acceptors (Lipinski definition) is 6. The maximum absolute atomic E-state index is 13.0. The molecule has 4 N–H and O–H groups in total. The number of carboxylic acid groups (broad SMARTS) is 1. The molecule has 0 aliphatic carbocycles. The molecule has 0 saturated carbocycles. The lowest BCUT2D eigenvalue weighted by Gasteiger charge is -2.27. The van der Waals surface area contributed by atoms with Gasteiger partial charge in [-0.05, 0) is 55.7 Å². The van der Waals surface area contributed by atoms with Crippen LogP contribution < -0.4 is 43.9 Å². The first kappa shape index (κ1) is 34.5. The Balaban J connectivity index is 0.00000506. The van der Waals surface area contributed by atoms with Crippen LogP contribution in [-0.2, 0) is 19.2 Å². The molecule has 1 unspecified atom stereocenters. The number of rotatable bonds is 15. The quantitative estimate of drug-likeness (QED) is 0.112. The highest BCUT2D eigenvalue weighted by atomic mass is 79.9. The van der Waals surface area contributed by atoms with E-state index in [4.69, 9.17) is 10.8 Å². The third kappa shape index (κ3) is 8.76. The van der Waals surface area contributed by atoms with Crippen LogP contribution in [0.3, 0.4) is 0 Å². The molecule has 2 atom stereocenters.